The van der Waals surface area contributed by atoms with E-state index in [1.54, 1.807) is 30.3 Å². The molecule has 2 rings (SSSR count). The van der Waals surface area contributed by atoms with Crippen LogP contribution in [0, 0.1) is 5.82 Å². The molecule has 4 atom stereocenters. The molecule has 0 aliphatic rings. The summed E-state index contributed by atoms with van der Waals surface area (Å²) in [4.78, 5) is 22.3. The third-order valence-corrected chi connectivity index (χ3v) is 3.79. The van der Waals surface area contributed by atoms with Gasteiger partial charge in [-0.2, -0.15) is 0 Å². The quantitative estimate of drug-likeness (QED) is 0.559. The lowest BCUT2D eigenvalue weighted by atomic mass is 9.96. The molecule has 0 bridgehead atoms. The van der Waals surface area contributed by atoms with E-state index in [1.165, 1.54) is 12.1 Å². The number of benzene rings is 2. The van der Waals surface area contributed by atoms with E-state index in [0.717, 1.165) is 12.1 Å². The molecule has 0 spiro atoms. The smallest absolute Gasteiger partial charge is 0.336 e. The highest BCUT2D eigenvalue weighted by atomic mass is 19.1. The standard InChI is InChI=1S/C18H18FNO6/c19-12-8-6-11(7-9-12)15(13(20)10-4-2-1-3-5-10)26-16(18(24)25)14(21)17(22)23/h1-9,13-16,21H,20H2,(H,22,23)(H,24,25). The first-order valence-corrected chi connectivity index (χ1v) is 7.66. The lowest BCUT2D eigenvalue weighted by Crippen LogP contribution is -2.43. The Morgan fingerprint density at radius 2 is 1.50 bits per heavy atom. The van der Waals surface area contributed by atoms with Crippen LogP contribution in [-0.4, -0.2) is 39.5 Å². The number of aliphatic carboxylic acids is 2. The Bertz CT molecular complexity index is 752. The van der Waals surface area contributed by atoms with Crippen molar-refractivity contribution in [3.8, 4) is 0 Å². The molecule has 0 fully saturated rings. The van der Waals surface area contributed by atoms with Crippen LogP contribution in [0.4, 0.5) is 4.39 Å². The molecule has 2 aromatic carbocycles. The zero-order valence-electron chi connectivity index (χ0n) is 13.5. The minimum absolute atomic E-state index is 0.339. The summed E-state index contributed by atoms with van der Waals surface area (Å²) in [6, 6.07) is 12.7. The van der Waals surface area contributed by atoms with E-state index < -0.39 is 42.1 Å². The summed E-state index contributed by atoms with van der Waals surface area (Å²) in [7, 11) is 0. The van der Waals surface area contributed by atoms with Gasteiger partial charge in [-0.25, -0.2) is 14.0 Å². The fourth-order valence-corrected chi connectivity index (χ4v) is 2.43. The van der Waals surface area contributed by atoms with Gasteiger partial charge in [0, 0.05) is 0 Å². The van der Waals surface area contributed by atoms with E-state index in [0.29, 0.717) is 11.1 Å². The number of carbonyl (C=O) groups is 2. The Labute approximate surface area is 148 Å². The second-order valence-corrected chi connectivity index (χ2v) is 5.59. The Morgan fingerprint density at radius 3 is 2.00 bits per heavy atom. The van der Waals surface area contributed by atoms with E-state index >= 15 is 0 Å². The zero-order chi connectivity index (χ0) is 19.3. The van der Waals surface area contributed by atoms with E-state index in [1.807, 2.05) is 0 Å². The van der Waals surface area contributed by atoms with E-state index in [2.05, 4.69) is 0 Å². The Hall–Kier alpha value is -2.81. The predicted molar refractivity (Wildman–Crippen MR) is 88.7 cm³/mol. The number of carboxylic acid groups (broad SMARTS) is 2. The fourth-order valence-electron chi connectivity index (χ4n) is 2.43. The number of aliphatic hydroxyl groups excluding tert-OH is 1. The summed E-state index contributed by atoms with van der Waals surface area (Å²) < 4.78 is 18.6. The molecule has 5 N–H and O–H groups in total. The first-order chi connectivity index (χ1) is 12.3. The van der Waals surface area contributed by atoms with Crippen LogP contribution in [-0.2, 0) is 14.3 Å². The van der Waals surface area contributed by atoms with Crippen molar-refractivity contribution >= 4 is 11.9 Å². The molecule has 0 radical (unpaired) electrons. The largest absolute Gasteiger partial charge is 0.479 e. The number of aliphatic hydroxyl groups is 1. The molecular weight excluding hydrogens is 345 g/mol. The van der Waals surface area contributed by atoms with Gasteiger partial charge in [0.1, 0.15) is 11.9 Å². The summed E-state index contributed by atoms with van der Waals surface area (Å²) in [5.74, 6) is -3.92. The normalized spacial score (nSPS) is 15.7. The van der Waals surface area contributed by atoms with Gasteiger partial charge in [-0.05, 0) is 23.3 Å². The Kier molecular flexibility index (Phi) is 6.40. The highest BCUT2D eigenvalue weighted by Gasteiger charge is 2.37. The molecule has 0 aromatic heterocycles. The van der Waals surface area contributed by atoms with Crippen LogP contribution in [0.3, 0.4) is 0 Å². The summed E-state index contributed by atoms with van der Waals surface area (Å²) in [5, 5.41) is 27.8. The molecule has 8 heteroatoms. The Balaban J connectivity index is 2.40. The highest BCUT2D eigenvalue weighted by Crippen LogP contribution is 2.32. The van der Waals surface area contributed by atoms with Crippen molar-refractivity contribution < 1.29 is 34.0 Å². The molecule has 0 saturated heterocycles. The average molecular weight is 363 g/mol. The monoisotopic (exact) mass is 363 g/mol. The molecule has 0 amide bonds. The van der Waals surface area contributed by atoms with Crippen LogP contribution >= 0.6 is 0 Å². The van der Waals surface area contributed by atoms with Gasteiger partial charge in [0.15, 0.2) is 12.2 Å². The van der Waals surface area contributed by atoms with Crippen LogP contribution in [0.5, 0.6) is 0 Å². The van der Waals surface area contributed by atoms with Crippen molar-refractivity contribution in [1.82, 2.24) is 0 Å². The van der Waals surface area contributed by atoms with Crippen molar-refractivity contribution in [2.24, 2.45) is 5.73 Å². The highest BCUT2D eigenvalue weighted by molar-refractivity contribution is 5.83. The summed E-state index contributed by atoms with van der Waals surface area (Å²) >= 11 is 0. The lowest BCUT2D eigenvalue weighted by molar-refractivity contribution is -0.177. The number of rotatable bonds is 8. The lowest BCUT2D eigenvalue weighted by Gasteiger charge is -2.29. The fraction of sp³-hybridized carbons (Fsp3) is 0.222. The molecule has 0 aliphatic heterocycles. The SMILES string of the molecule is NC(c1ccccc1)C(OC(C(=O)O)C(O)C(=O)O)c1ccc(F)cc1. The maximum atomic E-state index is 13.2. The molecule has 138 valence electrons. The minimum atomic E-state index is -2.29. The van der Waals surface area contributed by atoms with E-state index in [9.17, 15) is 24.2 Å². The van der Waals surface area contributed by atoms with Crippen molar-refractivity contribution in [2.45, 2.75) is 24.4 Å². The van der Waals surface area contributed by atoms with Crippen molar-refractivity contribution in [3.05, 3.63) is 71.5 Å². The number of ether oxygens (including phenoxy) is 1. The number of hydrogen-bond donors (Lipinski definition) is 4. The van der Waals surface area contributed by atoms with Gasteiger partial charge in [0.05, 0.1) is 6.04 Å². The van der Waals surface area contributed by atoms with Gasteiger partial charge in [-0.15, -0.1) is 0 Å². The van der Waals surface area contributed by atoms with E-state index in [-0.39, 0.29) is 0 Å². The third kappa shape index (κ3) is 4.63. The molecule has 4 unspecified atom stereocenters. The average Bonchev–Trinajstić information content (AvgIpc) is 2.63. The molecule has 0 heterocycles. The van der Waals surface area contributed by atoms with E-state index in [4.69, 9.17) is 15.6 Å². The molecule has 7 nitrogen and oxygen atoms in total. The number of halogens is 1. The van der Waals surface area contributed by atoms with Crippen LogP contribution < -0.4 is 5.73 Å². The minimum Gasteiger partial charge on any atom is -0.479 e. The molecule has 0 saturated carbocycles. The second-order valence-electron chi connectivity index (χ2n) is 5.59. The number of hydrogen-bond acceptors (Lipinski definition) is 5. The van der Waals surface area contributed by atoms with Gasteiger partial charge in [0.25, 0.3) is 0 Å². The van der Waals surface area contributed by atoms with Gasteiger partial charge in [0.2, 0.25) is 0 Å². The first-order valence-electron chi connectivity index (χ1n) is 7.66. The summed E-state index contributed by atoms with van der Waals surface area (Å²) in [6.45, 7) is 0. The number of nitrogens with two attached hydrogens (primary N) is 1. The first kappa shape index (κ1) is 19.5. The van der Waals surface area contributed by atoms with Gasteiger partial charge in [-0.1, -0.05) is 42.5 Å². The van der Waals surface area contributed by atoms with Crippen molar-refractivity contribution in [2.75, 3.05) is 0 Å². The Morgan fingerprint density at radius 1 is 0.923 bits per heavy atom. The zero-order valence-corrected chi connectivity index (χ0v) is 13.5. The molecule has 26 heavy (non-hydrogen) atoms. The van der Waals surface area contributed by atoms with Gasteiger partial charge >= 0.3 is 11.9 Å². The maximum Gasteiger partial charge on any atom is 0.336 e. The third-order valence-electron chi connectivity index (χ3n) is 3.79. The topological polar surface area (TPSA) is 130 Å². The molecule has 2 aromatic rings. The molecule has 0 aliphatic carbocycles. The van der Waals surface area contributed by atoms with Gasteiger partial charge in [-0.3, -0.25) is 0 Å². The van der Waals surface area contributed by atoms with Crippen LogP contribution in [0.2, 0.25) is 0 Å². The van der Waals surface area contributed by atoms with Crippen molar-refractivity contribution in [1.29, 1.82) is 0 Å². The molecular formula is C18H18FNO6. The predicted octanol–water partition coefficient (Wildman–Crippen LogP) is 1.48. The van der Waals surface area contributed by atoms with Crippen LogP contribution in [0.1, 0.15) is 23.3 Å². The van der Waals surface area contributed by atoms with Crippen LogP contribution in [0.25, 0.3) is 0 Å². The second kappa shape index (κ2) is 8.52. The summed E-state index contributed by atoms with van der Waals surface area (Å²) in [5.41, 5.74) is 7.13. The van der Waals surface area contributed by atoms with Crippen LogP contribution in [0.15, 0.2) is 54.6 Å². The van der Waals surface area contributed by atoms with Crippen molar-refractivity contribution in [3.63, 3.8) is 0 Å². The maximum absolute atomic E-state index is 13.2. The summed E-state index contributed by atoms with van der Waals surface area (Å²) in [6.07, 6.45) is -5.48. The van der Waals surface area contributed by atoms with Gasteiger partial charge < -0.3 is 25.8 Å². The number of carboxylic acids is 2.